The summed E-state index contributed by atoms with van der Waals surface area (Å²) in [5, 5.41) is 11.3. The van der Waals surface area contributed by atoms with Gasteiger partial charge in [-0.05, 0) is 66.8 Å². The molecule has 3 aromatic rings. The summed E-state index contributed by atoms with van der Waals surface area (Å²) in [6, 6.07) is 19.3. The highest BCUT2D eigenvalue weighted by Crippen LogP contribution is 2.49. The van der Waals surface area contributed by atoms with Gasteiger partial charge in [-0.3, -0.25) is 0 Å². The van der Waals surface area contributed by atoms with E-state index in [0.717, 1.165) is 23.3 Å². The van der Waals surface area contributed by atoms with Gasteiger partial charge in [0.15, 0.2) is 0 Å². The maximum atomic E-state index is 13.5. The molecule has 0 amide bonds. The van der Waals surface area contributed by atoms with E-state index in [4.69, 9.17) is 22.1 Å². The van der Waals surface area contributed by atoms with E-state index in [9.17, 15) is 22.7 Å². The Hall–Kier alpha value is -2.45. The molecule has 0 aromatic heterocycles. The highest BCUT2D eigenvalue weighted by molar-refractivity contribution is 6.31. The van der Waals surface area contributed by atoms with Crippen LogP contribution >= 0.6 is 11.6 Å². The van der Waals surface area contributed by atoms with Crippen LogP contribution in [0, 0.1) is 11.7 Å². The Bertz CT molecular complexity index is 1170. The molecule has 1 aliphatic rings. The van der Waals surface area contributed by atoms with Gasteiger partial charge >= 0.3 is 6.18 Å². The number of halogens is 5. The van der Waals surface area contributed by atoms with Crippen LogP contribution in [0.25, 0.3) is 0 Å². The molecule has 3 nitrogen and oxygen atoms in total. The normalized spacial score (nSPS) is 24.6. The van der Waals surface area contributed by atoms with Gasteiger partial charge in [0, 0.05) is 12.3 Å². The topological polar surface area (TPSA) is 55.5 Å². The van der Waals surface area contributed by atoms with Crippen molar-refractivity contribution in [3.63, 3.8) is 0 Å². The summed E-state index contributed by atoms with van der Waals surface area (Å²) in [4.78, 5) is 0. The Morgan fingerprint density at radius 3 is 2.31 bits per heavy atom. The first-order valence-electron chi connectivity index (χ1n) is 11.8. The molecule has 0 radical (unpaired) electrons. The van der Waals surface area contributed by atoms with Crippen molar-refractivity contribution in [1.82, 2.24) is 0 Å². The van der Waals surface area contributed by atoms with Crippen molar-refractivity contribution in [1.29, 1.82) is 0 Å². The first kappa shape index (κ1) is 26.6. The zero-order chi connectivity index (χ0) is 26.0. The predicted octanol–water partition coefficient (Wildman–Crippen LogP) is 6.64. The average molecular weight is 522 g/mol. The first-order valence-corrected chi connectivity index (χ1v) is 12.1. The monoisotopic (exact) mass is 521 g/mol. The van der Waals surface area contributed by atoms with E-state index in [-0.39, 0.29) is 24.3 Å². The van der Waals surface area contributed by atoms with Gasteiger partial charge in [-0.15, -0.1) is 0 Å². The minimum atomic E-state index is -4.65. The Labute approximate surface area is 212 Å². The van der Waals surface area contributed by atoms with Crippen LogP contribution in [0.4, 0.5) is 17.6 Å². The molecule has 8 heteroatoms. The van der Waals surface area contributed by atoms with Crippen LogP contribution in [0.2, 0.25) is 5.02 Å². The summed E-state index contributed by atoms with van der Waals surface area (Å²) in [6.45, 7) is 0.358. The van der Waals surface area contributed by atoms with Crippen LogP contribution in [0.1, 0.15) is 41.5 Å². The van der Waals surface area contributed by atoms with E-state index in [0.29, 0.717) is 25.9 Å². The summed E-state index contributed by atoms with van der Waals surface area (Å²) in [5.74, 6) is -0.927. The molecular weight excluding hydrogens is 494 g/mol. The Kier molecular flexibility index (Phi) is 7.76. The van der Waals surface area contributed by atoms with Crippen molar-refractivity contribution in [3.8, 4) is 0 Å². The lowest BCUT2D eigenvalue weighted by Gasteiger charge is -2.49. The van der Waals surface area contributed by atoms with Gasteiger partial charge in [0.1, 0.15) is 5.82 Å². The maximum absolute atomic E-state index is 13.5. The van der Waals surface area contributed by atoms with Gasteiger partial charge < -0.3 is 15.6 Å². The molecule has 0 bridgehead atoms. The number of alkyl halides is 3. The third kappa shape index (κ3) is 5.75. The van der Waals surface area contributed by atoms with Crippen molar-refractivity contribution in [3.05, 3.63) is 106 Å². The minimum Gasteiger partial charge on any atom is -0.385 e. The summed E-state index contributed by atoms with van der Waals surface area (Å²) in [7, 11) is 0. The summed E-state index contributed by atoms with van der Waals surface area (Å²) < 4.78 is 60.6. The second kappa shape index (κ2) is 10.5. The molecule has 3 unspecified atom stereocenters. The van der Waals surface area contributed by atoms with Gasteiger partial charge in [-0.2, -0.15) is 13.2 Å². The largest absolute Gasteiger partial charge is 0.417 e. The number of benzene rings is 3. The zero-order valence-corrected chi connectivity index (χ0v) is 20.3. The standard InChI is InChI=1S/C28H28ClF4NO2/c29-25-11-8-21(14-24(25)28(31,32)33)27(35)13-12-26(16-22(27)17-34,15-19-6-9-23(30)10-7-19)36-18-20-4-2-1-3-5-20/h1-11,14,22,35H,12-13,15-18,34H2. The number of ether oxygens (including phenoxy) is 1. The molecule has 1 aliphatic carbocycles. The van der Waals surface area contributed by atoms with E-state index >= 15 is 0 Å². The fraction of sp³-hybridized carbons (Fsp3) is 0.357. The van der Waals surface area contributed by atoms with Gasteiger partial charge in [0.2, 0.25) is 0 Å². The Morgan fingerprint density at radius 2 is 1.67 bits per heavy atom. The lowest BCUT2D eigenvalue weighted by Crippen LogP contribution is -2.52. The summed E-state index contributed by atoms with van der Waals surface area (Å²) in [5.41, 5.74) is 4.74. The molecule has 1 saturated carbocycles. The number of nitrogens with two attached hydrogens (primary N) is 1. The molecule has 1 fully saturated rings. The van der Waals surface area contributed by atoms with Gasteiger partial charge in [0.25, 0.3) is 0 Å². The lowest BCUT2D eigenvalue weighted by atomic mass is 9.64. The van der Waals surface area contributed by atoms with Crippen LogP contribution in [-0.4, -0.2) is 17.3 Å². The van der Waals surface area contributed by atoms with E-state index in [1.165, 1.54) is 18.2 Å². The highest BCUT2D eigenvalue weighted by atomic mass is 35.5. The third-order valence-corrected chi connectivity index (χ3v) is 7.47. The second-order valence-electron chi connectivity index (χ2n) is 9.51. The third-order valence-electron chi connectivity index (χ3n) is 7.14. The zero-order valence-electron chi connectivity index (χ0n) is 19.6. The number of rotatable bonds is 7. The molecule has 0 saturated heterocycles. The molecular formula is C28H28ClF4NO2. The molecule has 4 rings (SSSR count). The fourth-order valence-corrected chi connectivity index (χ4v) is 5.36. The van der Waals surface area contributed by atoms with E-state index in [2.05, 4.69) is 0 Å². The SMILES string of the molecule is NCC1CC(Cc2ccc(F)cc2)(OCc2ccccc2)CCC1(O)c1ccc(Cl)c(C(F)(F)F)c1. The summed E-state index contributed by atoms with van der Waals surface area (Å²) >= 11 is 5.81. The molecule has 0 aliphatic heterocycles. The van der Waals surface area contributed by atoms with E-state index in [1.807, 2.05) is 30.3 Å². The van der Waals surface area contributed by atoms with E-state index < -0.39 is 33.9 Å². The van der Waals surface area contributed by atoms with Crippen molar-refractivity contribution < 1.29 is 27.4 Å². The van der Waals surface area contributed by atoms with Crippen molar-refractivity contribution in [2.24, 2.45) is 11.7 Å². The number of hydrogen-bond donors (Lipinski definition) is 2. The minimum absolute atomic E-state index is 0.0420. The van der Waals surface area contributed by atoms with Crippen LogP contribution in [-0.2, 0) is 29.5 Å². The fourth-order valence-electron chi connectivity index (χ4n) is 5.14. The maximum Gasteiger partial charge on any atom is 0.417 e. The number of aliphatic hydroxyl groups is 1. The Morgan fingerprint density at radius 1 is 0.972 bits per heavy atom. The molecule has 0 heterocycles. The Balaban J connectivity index is 1.66. The van der Waals surface area contributed by atoms with Crippen LogP contribution in [0.5, 0.6) is 0 Å². The second-order valence-corrected chi connectivity index (χ2v) is 9.92. The molecule has 36 heavy (non-hydrogen) atoms. The molecule has 3 aromatic carbocycles. The van der Waals surface area contributed by atoms with Gasteiger partial charge in [-0.1, -0.05) is 60.1 Å². The lowest BCUT2D eigenvalue weighted by molar-refractivity contribution is -0.155. The van der Waals surface area contributed by atoms with Gasteiger partial charge in [0.05, 0.1) is 28.4 Å². The van der Waals surface area contributed by atoms with Crippen LogP contribution in [0.15, 0.2) is 72.8 Å². The average Bonchev–Trinajstić information content (AvgIpc) is 2.86. The van der Waals surface area contributed by atoms with Crippen molar-refractivity contribution in [2.45, 2.75) is 49.7 Å². The van der Waals surface area contributed by atoms with Crippen molar-refractivity contribution in [2.75, 3.05) is 6.54 Å². The molecule has 3 N–H and O–H groups in total. The van der Waals surface area contributed by atoms with Crippen molar-refractivity contribution >= 4 is 11.6 Å². The van der Waals surface area contributed by atoms with Gasteiger partial charge in [-0.25, -0.2) is 4.39 Å². The molecule has 0 spiro atoms. The van der Waals surface area contributed by atoms with Crippen LogP contribution < -0.4 is 5.73 Å². The predicted molar refractivity (Wildman–Crippen MR) is 131 cm³/mol. The first-order chi connectivity index (χ1) is 17.0. The smallest absolute Gasteiger partial charge is 0.385 e. The summed E-state index contributed by atoms with van der Waals surface area (Å²) in [6.07, 6.45) is -3.38. The highest BCUT2D eigenvalue weighted by Gasteiger charge is 2.50. The molecule has 192 valence electrons. The quantitative estimate of drug-likeness (QED) is 0.343. The van der Waals surface area contributed by atoms with Crippen LogP contribution in [0.3, 0.4) is 0 Å². The van der Waals surface area contributed by atoms with E-state index in [1.54, 1.807) is 12.1 Å². The molecule has 3 atom stereocenters. The number of hydrogen-bond acceptors (Lipinski definition) is 3.